The fourth-order valence-corrected chi connectivity index (χ4v) is 5.06. The molecule has 2 amide bonds. The van der Waals surface area contributed by atoms with Crippen LogP contribution in [-0.4, -0.2) is 54.6 Å². The molecule has 1 N–H and O–H groups in total. The number of carbonyl (C=O) groups excluding carboxylic acids is 2. The average Bonchev–Trinajstić information content (AvgIpc) is 3.23. The minimum atomic E-state index is -0.977. The smallest absolute Gasteiger partial charge is 0.273 e. The Bertz CT molecular complexity index is 1340. The Morgan fingerprint density at radius 1 is 1.17 bits per heavy atom. The van der Waals surface area contributed by atoms with E-state index in [0.29, 0.717) is 48.9 Å². The van der Waals surface area contributed by atoms with Crippen LogP contribution in [0.3, 0.4) is 0 Å². The van der Waals surface area contributed by atoms with Crippen LogP contribution in [0.5, 0.6) is 0 Å². The van der Waals surface area contributed by atoms with Gasteiger partial charge in [-0.1, -0.05) is 17.7 Å². The molecule has 9 heteroatoms. The molecule has 36 heavy (non-hydrogen) atoms. The maximum absolute atomic E-state index is 13.7. The number of nitrogens with zero attached hydrogens (tertiary/aromatic N) is 5. The molecular weight excluding hydrogens is 478 g/mol. The van der Waals surface area contributed by atoms with E-state index >= 15 is 0 Å². The highest BCUT2D eigenvalue weighted by atomic mass is 35.5. The summed E-state index contributed by atoms with van der Waals surface area (Å²) in [6, 6.07) is 8.75. The normalized spacial score (nSPS) is 16.6. The van der Waals surface area contributed by atoms with Gasteiger partial charge in [-0.2, -0.15) is 5.10 Å². The number of benzene rings is 1. The summed E-state index contributed by atoms with van der Waals surface area (Å²) in [6.45, 7) is 9.28. The molecule has 1 atom stereocenters. The first kappa shape index (κ1) is 24.5. The van der Waals surface area contributed by atoms with Crippen molar-refractivity contribution in [2.24, 2.45) is 0 Å². The predicted octanol–water partition coefficient (Wildman–Crippen LogP) is 3.88. The molecule has 0 saturated carbocycles. The van der Waals surface area contributed by atoms with Crippen LogP contribution in [-0.2, 0) is 25.1 Å². The van der Waals surface area contributed by atoms with Crippen molar-refractivity contribution in [1.29, 1.82) is 0 Å². The first-order chi connectivity index (χ1) is 17.0. The van der Waals surface area contributed by atoms with E-state index in [-0.39, 0.29) is 17.9 Å². The number of pyridine rings is 1. The number of fused-ring (bicyclic) bond motifs is 3. The Hall–Kier alpha value is -3.23. The van der Waals surface area contributed by atoms with Crippen LogP contribution in [0.1, 0.15) is 75.7 Å². The fraction of sp³-hybridized carbons (Fsp3) is 0.407. The van der Waals surface area contributed by atoms with Crippen molar-refractivity contribution >= 4 is 23.4 Å². The second kappa shape index (κ2) is 9.01. The summed E-state index contributed by atoms with van der Waals surface area (Å²) < 4.78 is 1.79. The molecule has 8 nitrogen and oxygen atoms in total. The number of hydrogen-bond acceptors (Lipinski definition) is 5. The minimum absolute atomic E-state index is 0.0788. The number of rotatable bonds is 4. The molecule has 2 aliphatic rings. The maximum atomic E-state index is 13.7. The Balaban J connectivity index is 1.39. The van der Waals surface area contributed by atoms with E-state index in [1.165, 1.54) is 0 Å². The van der Waals surface area contributed by atoms with Gasteiger partial charge in [-0.05, 0) is 57.5 Å². The predicted molar refractivity (Wildman–Crippen MR) is 136 cm³/mol. The van der Waals surface area contributed by atoms with Crippen molar-refractivity contribution in [3.63, 3.8) is 0 Å². The lowest BCUT2D eigenvalue weighted by Gasteiger charge is -2.34. The van der Waals surface area contributed by atoms with Gasteiger partial charge in [0.05, 0.1) is 36.1 Å². The van der Waals surface area contributed by atoms with Crippen molar-refractivity contribution in [3.05, 3.63) is 80.9 Å². The molecule has 2 aliphatic heterocycles. The van der Waals surface area contributed by atoms with E-state index in [1.54, 1.807) is 47.8 Å². The summed E-state index contributed by atoms with van der Waals surface area (Å²) in [5, 5.41) is 15.6. The molecular formula is C27H30ClN5O3. The molecule has 3 aromatic rings. The SMILES string of the molecule is Cc1cc(C(=O)N2CCc3nn4c(c3C2)C(=O)N(C(C)c2ccc(C(C)(C)O)cn2)CC4)ccc1Cl. The molecule has 0 spiro atoms. The number of aryl methyl sites for hydroxylation is 1. The Kier molecular flexibility index (Phi) is 6.12. The molecule has 0 saturated heterocycles. The van der Waals surface area contributed by atoms with Gasteiger partial charge in [0.2, 0.25) is 0 Å². The Morgan fingerprint density at radius 2 is 1.94 bits per heavy atom. The van der Waals surface area contributed by atoms with Gasteiger partial charge in [-0.15, -0.1) is 0 Å². The van der Waals surface area contributed by atoms with E-state index in [9.17, 15) is 14.7 Å². The van der Waals surface area contributed by atoms with Crippen LogP contribution in [0.4, 0.5) is 0 Å². The zero-order chi connectivity index (χ0) is 25.8. The van der Waals surface area contributed by atoms with Crippen molar-refractivity contribution in [3.8, 4) is 0 Å². The number of aromatic nitrogens is 3. The summed E-state index contributed by atoms with van der Waals surface area (Å²) in [7, 11) is 0. The quantitative estimate of drug-likeness (QED) is 0.578. The van der Waals surface area contributed by atoms with E-state index in [2.05, 4.69) is 4.98 Å². The number of hydrogen-bond donors (Lipinski definition) is 1. The van der Waals surface area contributed by atoms with Gasteiger partial charge in [0, 0.05) is 47.4 Å². The average molecular weight is 508 g/mol. The standard InChI is InChI=1S/C27H30ClN5O3/c1-16-13-18(5-7-21(16)28)25(34)31-10-9-23-20(15-31)24-26(35)32(11-12-33(24)30-23)17(2)22-8-6-19(14-29-22)27(3,4)36/h5-8,13-14,17,36H,9-12,15H2,1-4H3. The molecule has 0 bridgehead atoms. The van der Waals surface area contributed by atoms with Crippen molar-refractivity contribution in [2.45, 2.75) is 58.8 Å². The van der Waals surface area contributed by atoms with E-state index in [1.807, 2.05) is 30.9 Å². The molecule has 4 heterocycles. The van der Waals surface area contributed by atoms with Crippen LogP contribution >= 0.6 is 11.6 Å². The zero-order valence-electron chi connectivity index (χ0n) is 21.0. The molecule has 2 aromatic heterocycles. The third kappa shape index (κ3) is 4.29. The molecule has 0 fully saturated rings. The van der Waals surface area contributed by atoms with Crippen LogP contribution in [0.15, 0.2) is 36.5 Å². The fourth-order valence-electron chi connectivity index (χ4n) is 4.94. The Morgan fingerprint density at radius 3 is 2.61 bits per heavy atom. The van der Waals surface area contributed by atoms with Crippen molar-refractivity contribution in [1.82, 2.24) is 24.6 Å². The van der Waals surface area contributed by atoms with Gasteiger partial charge < -0.3 is 14.9 Å². The lowest BCUT2D eigenvalue weighted by atomic mass is 9.99. The second-order valence-corrected chi connectivity index (χ2v) is 10.6. The lowest BCUT2D eigenvalue weighted by molar-refractivity contribution is 0.0610. The van der Waals surface area contributed by atoms with Gasteiger partial charge in [0.15, 0.2) is 0 Å². The highest BCUT2D eigenvalue weighted by Crippen LogP contribution is 2.31. The minimum Gasteiger partial charge on any atom is -0.386 e. The van der Waals surface area contributed by atoms with Gasteiger partial charge in [0.1, 0.15) is 5.69 Å². The molecule has 5 rings (SSSR count). The maximum Gasteiger partial charge on any atom is 0.273 e. The number of amides is 2. The molecule has 1 aromatic carbocycles. The van der Waals surface area contributed by atoms with Crippen molar-refractivity contribution in [2.75, 3.05) is 13.1 Å². The zero-order valence-corrected chi connectivity index (χ0v) is 21.7. The molecule has 0 aliphatic carbocycles. The van der Waals surface area contributed by atoms with Crippen LogP contribution in [0.25, 0.3) is 0 Å². The third-order valence-electron chi connectivity index (χ3n) is 7.20. The third-order valence-corrected chi connectivity index (χ3v) is 7.62. The summed E-state index contributed by atoms with van der Waals surface area (Å²) in [5.41, 5.74) is 4.21. The number of aliphatic hydroxyl groups is 1. The number of halogens is 1. The van der Waals surface area contributed by atoms with E-state index in [4.69, 9.17) is 16.7 Å². The first-order valence-electron chi connectivity index (χ1n) is 12.2. The van der Waals surface area contributed by atoms with E-state index in [0.717, 1.165) is 28.1 Å². The molecule has 188 valence electrons. The van der Waals surface area contributed by atoms with Gasteiger partial charge in [-0.3, -0.25) is 19.3 Å². The van der Waals surface area contributed by atoms with E-state index < -0.39 is 5.60 Å². The molecule has 0 radical (unpaired) electrons. The summed E-state index contributed by atoms with van der Waals surface area (Å²) >= 11 is 6.14. The first-order valence-corrected chi connectivity index (χ1v) is 12.6. The van der Waals surface area contributed by atoms with Gasteiger partial charge >= 0.3 is 0 Å². The second-order valence-electron chi connectivity index (χ2n) is 10.1. The van der Waals surface area contributed by atoms with Gasteiger partial charge in [-0.25, -0.2) is 0 Å². The number of carbonyl (C=O) groups is 2. The summed E-state index contributed by atoms with van der Waals surface area (Å²) in [4.78, 5) is 35.1. The summed E-state index contributed by atoms with van der Waals surface area (Å²) in [5.74, 6) is -0.183. The topological polar surface area (TPSA) is 91.6 Å². The highest BCUT2D eigenvalue weighted by molar-refractivity contribution is 6.31. The lowest BCUT2D eigenvalue weighted by Crippen LogP contribution is -2.43. The summed E-state index contributed by atoms with van der Waals surface area (Å²) in [6.07, 6.45) is 2.27. The largest absolute Gasteiger partial charge is 0.386 e. The highest BCUT2D eigenvalue weighted by Gasteiger charge is 2.37. The van der Waals surface area contributed by atoms with Crippen LogP contribution in [0, 0.1) is 6.92 Å². The monoisotopic (exact) mass is 507 g/mol. The van der Waals surface area contributed by atoms with Crippen molar-refractivity contribution < 1.29 is 14.7 Å². The van der Waals surface area contributed by atoms with Gasteiger partial charge in [0.25, 0.3) is 11.8 Å². The molecule has 1 unspecified atom stereocenters. The van der Waals surface area contributed by atoms with Crippen LogP contribution < -0.4 is 0 Å². The van der Waals surface area contributed by atoms with Crippen LogP contribution in [0.2, 0.25) is 5.02 Å². The Labute approximate surface area is 215 Å².